The second-order valence-electron chi connectivity index (χ2n) is 3.25. The topological polar surface area (TPSA) is 37.4 Å². The first-order valence-electron chi connectivity index (χ1n) is 4.40. The van der Waals surface area contributed by atoms with E-state index in [1.807, 2.05) is 0 Å². The van der Waals surface area contributed by atoms with E-state index in [4.69, 9.17) is 11.6 Å². The Morgan fingerprint density at radius 3 is 2.67 bits per heavy atom. The molecule has 2 rings (SSSR count). The molecule has 1 aliphatic rings. The van der Waals surface area contributed by atoms with E-state index in [0.29, 0.717) is 16.3 Å². The molecule has 0 fully saturated rings. The van der Waals surface area contributed by atoms with Crippen molar-refractivity contribution >= 4 is 29.0 Å². The van der Waals surface area contributed by atoms with Crippen LogP contribution in [0.2, 0.25) is 0 Å². The predicted octanol–water partition coefficient (Wildman–Crippen LogP) is 1.97. The summed E-state index contributed by atoms with van der Waals surface area (Å²) in [5, 5.41) is 0.327. The van der Waals surface area contributed by atoms with Crippen molar-refractivity contribution in [2.24, 2.45) is 0 Å². The first kappa shape index (κ1) is 9.93. The normalized spacial score (nSPS) is 14.3. The van der Waals surface area contributed by atoms with Crippen molar-refractivity contribution in [1.82, 2.24) is 0 Å². The van der Waals surface area contributed by atoms with Crippen molar-refractivity contribution in [2.45, 2.75) is 0 Å². The lowest BCUT2D eigenvalue weighted by Gasteiger charge is -2.14. The van der Waals surface area contributed by atoms with Crippen LogP contribution in [0.1, 0.15) is 10.4 Å². The number of hydrogen-bond acceptors (Lipinski definition) is 2. The van der Waals surface area contributed by atoms with Gasteiger partial charge in [0.05, 0.1) is 17.8 Å². The second-order valence-corrected chi connectivity index (χ2v) is 3.79. The van der Waals surface area contributed by atoms with Gasteiger partial charge < -0.3 is 0 Å². The van der Waals surface area contributed by atoms with Gasteiger partial charge in [0, 0.05) is 5.03 Å². The van der Waals surface area contributed by atoms with Crippen LogP contribution in [0.3, 0.4) is 0 Å². The average molecular weight is 222 g/mol. The molecule has 0 N–H and O–H groups in total. The Bertz CT molecular complexity index is 467. The minimum absolute atomic E-state index is 0.170. The van der Waals surface area contributed by atoms with E-state index in [0.717, 1.165) is 0 Å². The Balaban J connectivity index is 2.47. The van der Waals surface area contributed by atoms with E-state index in [9.17, 15) is 9.59 Å². The van der Waals surface area contributed by atoms with Gasteiger partial charge in [-0.05, 0) is 12.1 Å². The Morgan fingerprint density at radius 1 is 1.33 bits per heavy atom. The summed E-state index contributed by atoms with van der Waals surface area (Å²) in [4.78, 5) is 24.4. The molecular weight excluding hydrogens is 214 g/mol. The molecule has 1 aromatic rings. The van der Waals surface area contributed by atoms with Crippen LogP contribution in [0.25, 0.3) is 0 Å². The summed E-state index contributed by atoms with van der Waals surface area (Å²) in [6.45, 7) is 3.68. The number of rotatable bonds is 2. The van der Waals surface area contributed by atoms with Crippen molar-refractivity contribution < 1.29 is 9.59 Å². The van der Waals surface area contributed by atoms with Crippen LogP contribution in [0.5, 0.6) is 0 Å². The summed E-state index contributed by atoms with van der Waals surface area (Å²) in [5.74, 6) is -1.03. The number of halogens is 1. The highest BCUT2D eigenvalue weighted by Crippen LogP contribution is 2.29. The molecule has 0 aromatic heterocycles. The van der Waals surface area contributed by atoms with Crippen LogP contribution >= 0.6 is 11.6 Å². The summed E-state index contributed by atoms with van der Waals surface area (Å²) < 4.78 is 0. The number of nitrogens with zero attached hydrogens (tertiary/aromatic N) is 1. The number of para-hydroxylation sites is 1. The number of benzene rings is 1. The quantitative estimate of drug-likeness (QED) is 0.716. The van der Waals surface area contributed by atoms with E-state index < -0.39 is 11.7 Å². The highest BCUT2D eigenvalue weighted by atomic mass is 35.5. The number of Topliss-reactive ketones (excluding diaryl/α,β-unsaturated/α-hetero) is 1. The van der Waals surface area contributed by atoms with Crippen LogP contribution in [-0.2, 0) is 4.79 Å². The number of hydrogen-bond donors (Lipinski definition) is 0. The number of ketones is 1. The number of carbonyl (C=O) groups is 2. The third-order valence-corrected chi connectivity index (χ3v) is 2.33. The summed E-state index contributed by atoms with van der Waals surface area (Å²) in [6, 6.07) is 6.85. The maximum atomic E-state index is 11.6. The molecule has 1 amide bonds. The summed E-state index contributed by atoms with van der Waals surface area (Å²) in [6.07, 6.45) is 0. The molecular formula is C11H8ClNO2. The van der Waals surface area contributed by atoms with Crippen molar-refractivity contribution in [3.8, 4) is 0 Å². The van der Waals surface area contributed by atoms with Crippen LogP contribution in [0.4, 0.5) is 5.69 Å². The number of carbonyl (C=O) groups excluding carboxylic acids is 2. The predicted molar refractivity (Wildman–Crippen MR) is 58.1 cm³/mol. The SMILES string of the molecule is C=C(Cl)CN1C(=O)C(=O)c2ccccc21. The molecule has 1 heterocycles. The standard InChI is InChI=1S/C11H8ClNO2/c1-7(12)6-13-9-5-3-2-4-8(9)10(14)11(13)15/h2-5H,1,6H2. The third-order valence-electron chi connectivity index (χ3n) is 2.21. The zero-order chi connectivity index (χ0) is 11.0. The number of fused-ring (bicyclic) bond motifs is 1. The number of amides is 1. The monoisotopic (exact) mass is 221 g/mol. The molecule has 0 aliphatic carbocycles. The molecule has 0 saturated heterocycles. The zero-order valence-corrected chi connectivity index (χ0v) is 8.62. The average Bonchev–Trinajstić information content (AvgIpc) is 2.44. The van der Waals surface area contributed by atoms with Gasteiger partial charge >= 0.3 is 0 Å². The third kappa shape index (κ3) is 1.55. The molecule has 15 heavy (non-hydrogen) atoms. The molecule has 3 nitrogen and oxygen atoms in total. The molecule has 0 atom stereocenters. The molecule has 0 spiro atoms. The van der Waals surface area contributed by atoms with E-state index in [1.165, 1.54) is 4.90 Å². The lowest BCUT2D eigenvalue weighted by molar-refractivity contribution is -0.114. The van der Waals surface area contributed by atoms with Gasteiger partial charge in [-0.1, -0.05) is 30.3 Å². The van der Waals surface area contributed by atoms with Crippen molar-refractivity contribution in [3.63, 3.8) is 0 Å². The van der Waals surface area contributed by atoms with Crippen molar-refractivity contribution in [1.29, 1.82) is 0 Å². The Morgan fingerprint density at radius 2 is 2.00 bits per heavy atom. The van der Waals surface area contributed by atoms with Crippen LogP contribution in [-0.4, -0.2) is 18.2 Å². The lowest BCUT2D eigenvalue weighted by atomic mass is 10.1. The fourth-order valence-electron chi connectivity index (χ4n) is 1.58. The summed E-state index contributed by atoms with van der Waals surface area (Å²) >= 11 is 5.64. The summed E-state index contributed by atoms with van der Waals surface area (Å²) in [5.41, 5.74) is 1.04. The Hall–Kier alpha value is -1.61. The molecule has 1 aromatic carbocycles. The number of anilines is 1. The fraction of sp³-hybridized carbons (Fsp3) is 0.0909. The van der Waals surface area contributed by atoms with Gasteiger partial charge in [-0.3, -0.25) is 14.5 Å². The molecule has 0 bridgehead atoms. The van der Waals surface area contributed by atoms with Gasteiger partial charge in [0.1, 0.15) is 0 Å². The molecule has 1 aliphatic heterocycles. The van der Waals surface area contributed by atoms with Gasteiger partial charge in [-0.15, -0.1) is 0 Å². The molecule has 76 valence electrons. The molecule has 0 radical (unpaired) electrons. The van der Waals surface area contributed by atoms with Gasteiger partial charge in [0.2, 0.25) is 0 Å². The molecule has 0 saturated carbocycles. The largest absolute Gasteiger partial charge is 0.299 e. The molecule has 0 unspecified atom stereocenters. The van der Waals surface area contributed by atoms with Crippen LogP contribution < -0.4 is 4.90 Å². The zero-order valence-electron chi connectivity index (χ0n) is 7.87. The second kappa shape index (κ2) is 3.51. The van der Waals surface area contributed by atoms with Crippen molar-refractivity contribution in [3.05, 3.63) is 41.4 Å². The minimum atomic E-state index is -0.544. The highest BCUT2D eigenvalue weighted by Gasteiger charge is 2.35. The Kier molecular flexibility index (Phi) is 2.32. The maximum absolute atomic E-state index is 11.6. The van der Waals surface area contributed by atoms with Crippen LogP contribution in [0.15, 0.2) is 35.9 Å². The summed E-state index contributed by atoms with van der Waals surface area (Å²) in [7, 11) is 0. The Labute approximate surface area is 91.9 Å². The van der Waals surface area contributed by atoms with E-state index >= 15 is 0 Å². The van der Waals surface area contributed by atoms with E-state index in [1.54, 1.807) is 24.3 Å². The van der Waals surface area contributed by atoms with E-state index in [2.05, 4.69) is 6.58 Å². The van der Waals surface area contributed by atoms with Gasteiger partial charge in [-0.25, -0.2) is 0 Å². The van der Waals surface area contributed by atoms with E-state index in [-0.39, 0.29) is 6.54 Å². The fourth-order valence-corrected chi connectivity index (χ4v) is 1.70. The van der Waals surface area contributed by atoms with Crippen molar-refractivity contribution in [2.75, 3.05) is 11.4 Å². The van der Waals surface area contributed by atoms with Gasteiger partial charge in [-0.2, -0.15) is 0 Å². The van der Waals surface area contributed by atoms with Gasteiger partial charge in [0.15, 0.2) is 0 Å². The van der Waals surface area contributed by atoms with Gasteiger partial charge in [0.25, 0.3) is 11.7 Å². The smallest absolute Gasteiger partial charge is 0.299 e. The minimum Gasteiger partial charge on any atom is -0.299 e. The first-order valence-corrected chi connectivity index (χ1v) is 4.77. The molecule has 4 heteroatoms. The lowest BCUT2D eigenvalue weighted by Crippen LogP contribution is -2.30. The highest BCUT2D eigenvalue weighted by molar-refractivity contribution is 6.52. The first-order chi connectivity index (χ1) is 7.11. The maximum Gasteiger partial charge on any atom is 0.299 e. The van der Waals surface area contributed by atoms with Crippen LogP contribution in [0, 0.1) is 0 Å².